The Hall–Kier alpha value is -1.06. The summed E-state index contributed by atoms with van der Waals surface area (Å²) in [5.74, 6) is 2.52. The number of rotatable bonds is 8. The Morgan fingerprint density at radius 2 is 1.87 bits per heavy atom. The molecule has 0 saturated carbocycles. The first-order valence-corrected chi connectivity index (χ1v) is 11.7. The third-order valence-corrected chi connectivity index (χ3v) is 6.59. The highest BCUT2D eigenvalue weighted by Crippen LogP contribution is 2.27. The van der Waals surface area contributed by atoms with Gasteiger partial charge in [0, 0.05) is 32.7 Å². The maximum Gasteiger partial charge on any atom is 0.191 e. The Labute approximate surface area is 206 Å². The van der Waals surface area contributed by atoms with Crippen molar-refractivity contribution in [3.63, 3.8) is 0 Å². The van der Waals surface area contributed by atoms with Crippen LogP contribution in [0.25, 0.3) is 0 Å². The largest absolute Gasteiger partial charge is 0.497 e. The molecule has 2 saturated heterocycles. The van der Waals surface area contributed by atoms with E-state index in [-0.39, 0.29) is 24.0 Å². The Bertz CT molecular complexity index is 678. The van der Waals surface area contributed by atoms with Crippen molar-refractivity contribution in [1.82, 2.24) is 20.4 Å². The van der Waals surface area contributed by atoms with Gasteiger partial charge in [-0.3, -0.25) is 9.89 Å². The number of piperidine rings is 1. The van der Waals surface area contributed by atoms with Gasteiger partial charge in [-0.25, -0.2) is 0 Å². The van der Waals surface area contributed by atoms with E-state index in [1.54, 1.807) is 7.11 Å². The van der Waals surface area contributed by atoms with E-state index in [1.807, 2.05) is 13.1 Å². The number of guanidine groups is 1. The van der Waals surface area contributed by atoms with Gasteiger partial charge in [0.2, 0.25) is 0 Å². The number of benzene rings is 1. The van der Waals surface area contributed by atoms with E-state index in [1.165, 1.54) is 44.3 Å². The van der Waals surface area contributed by atoms with E-state index in [2.05, 4.69) is 57.5 Å². The summed E-state index contributed by atoms with van der Waals surface area (Å²) < 4.78 is 5.47. The zero-order valence-electron chi connectivity index (χ0n) is 19.8. The van der Waals surface area contributed by atoms with Gasteiger partial charge in [0.25, 0.3) is 0 Å². The molecule has 1 aromatic carbocycles. The Kier molecular flexibility index (Phi) is 11.4. The lowest BCUT2D eigenvalue weighted by Crippen LogP contribution is -2.47. The molecule has 176 valence electrons. The first-order chi connectivity index (χ1) is 14.6. The summed E-state index contributed by atoms with van der Waals surface area (Å²) in [7, 11) is 3.60. The van der Waals surface area contributed by atoms with Gasteiger partial charge in [-0.15, -0.1) is 24.0 Å². The van der Waals surface area contributed by atoms with Gasteiger partial charge >= 0.3 is 0 Å². The van der Waals surface area contributed by atoms with Gasteiger partial charge in [-0.05, 0) is 82.8 Å². The van der Waals surface area contributed by atoms with Gasteiger partial charge in [0.15, 0.2) is 5.96 Å². The summed E-state index contributed by atoms with van der Waals surface area (Å²) in [6.45, 7) is 11.2. The van der Waals surface area contributed by atoms with Crippen molar-refractivity contribution < 1.29 is 4.74 Å². The Morgan fingerprint density at radius 3 is 2.55 bits per heavy atom. The van der Waals surface area contributed by atoms with Crippen LogP contribution in [0.3, 0.4) is 0 Å². The van der Waals surface area contributed by atoms with E-state index in [0.29, 0.717) is 18.0 Å². The van der Waals surface area contributed by atoms with Crippen molar-refractivity contribution >= 4 is 29.9 Å². The predicted octanol–water partition coefficient (Wildman–Crippen LogP) is 3.74. The van der Waals surface area contributed by atoms with Crippen molar-refractivity contribution in [2.75, 3.05) is 53.4 Å². The van der Waals surface area contributed by atoms with E-state index < -0.39 is 0 Å². The molecule has 31 heavy (non-hydrogen) atoms. The molecule has 2 unspecified atom stereocenters. The summed E-state index contributed by atoms with van der Waals surface area (Å²) in [6.07, 6.45) is 5.15. The van der Waals surface area contributed by atoms with Crippen LogP contribution in [0.15, 0.2) is 29.3 Å². The zero-order chi connectivity index (χ0) is 21.3. The zero-order valence-corrected chi connectivity index (χ0v) is 22.1. The monoisotopic (exact) mass is 543 g/mol. The van der Waals surface area contributed by atoms with Gasteiger partial charge in [-0.2, -0.15) is 0 Å². The van der Waals surface area contributed by atoms with Crippen molar-refractivity contribution in [3.05, 3.63) is 29.8 Å². The van der Waals surface area contributed by atoms with Crippen LogP contribution in [0.5, 0.6) is 5.75 Å². The van der Waals surface area contributed by atoms with Crippen molar-refractivity contribution in [1.29, 1.82) is 0 Å². The second kappa shape index (κ2) is 13.5. The fourth-order valence-corrected chi connectivity index (χ4v) is 4.75. The maximum absolute atomic E-state index is 5.47. The molecule has 0 spiro atoms. The number of nitrogens with zero attached hydrogens (tertiary/aromatic N) is 3. The van der Waals surface area contributed by atoms with Crippen LogP contribution < -0.4 is 15.4 Å². The summed E-state index contributed by atoms with van der Waals surface area (Å²) in [6, 6.07) is 9.45. The molecule has 7 heteroatoms. The lowest BCUT2D eigenvalue weighted by Gasteiger charge is -2.35. The van der Waals surface area contributed by atoms with Crippen LogP contribution >= 0.6 is 24.0 Å². The Balaban J connectivity index is 0.00000341. The number of methoxy groups -OCH3 is 1. The third kappa shape index (κ3) is 7.79. The average molecular weight is 544 g/mol. The quantitative estimate of drug-likeness (QED) is 0.298. The smallest absolute Gasteiger partial charge is 0.191 e. The second-order valence-corrected chi connectivity index (χ2v) is 8.97. The van der Waals surface area contributed by atoms with E-state index in [4.69, 9.17) is 4.74 Å². The number of hydrogen-bond donors (Lipinski definition) is 2. The number of likely N-dealkylation sites (tertiary alicyclic amines) is 2. The lowest BCUT2D eigenvalue weighted by atomic mass is 9.97. The summed E-state index contributed by atoms with van der Waals surface area (Å²) in [5, 5.41) is 7.19. The molecule has 2 aliphatic rings. The molecule has 2 N–H and O–H groups in total. The molecule has 0 aliphatic carbocycles. The fourth-order valence-electron chi connectivity index (χ4n) is 4.75. The lowest BCUT2D eigenvalue weighted by molar-refractivity contribution is 0.141. The molecule has 0 radical (unpaired) electrons. The highest BCUT2D eigenvalue weighted by atomic mass is 127. The standard InChI is InChI=1S/C24H41N5O.HI/c1-19(2)29-14-8-9-20(18-29)16-26-24(25-3)27-17-23(28-12-5-6-13-28)21-10-7-11-22(15-21)30-4;/h7,10-11,15,19-20,23H,5-6,8-9,12-14,16-18H2,1-4H3,(H2,25,26,27);1H. The Morgan fingerprint density at radius 1 is 1.13 bits per heavy atom. The van der Waals surface area contributed by atoms with E-state index in [0.717, 1.165) is 37.9 Å². The summed E-state index contributed by atoms with van der Waals surface area (Å²) in [5.41, 5.74) is 1.30. The number of halogens is 1. The molecular weight excluding hydrogens is 501 g/mol. The van der Waals surface area contributed by atoms with Crippen LogP contribution in [0.4, 0.5) is 0 Å². The van der Waals surface area contributed by atoms with Crippen LogP contribution in [0, 0.1) is 5.92 Å². The second-order valence-electron chi connectivity index (χ2n) is 8.97. The topological polar surface area (TPSA) is 52.1 Å². The molecule has 0 amide bonds. The number of nitrogens with one attached hydrogen (secondary N) is 2. The van der Waals surface area contributed by atoms with Crippen molar-refractivity contribution in [2.24, 2.45) is 10.9 Å². The molecule has 2 fully saturated rings. The predicted molar refractivity (Wildman–Crippen MR) is 141 cm³/mol. The molecule has 6 nitrogen and oxygen atoms in total. The van der Waals surface area contributed by atoms with Crippen LogP contribution in [-0.2, 0) is 0 Å². The van der Waals surface area contributed by atoms with Gasteiger partial charge < -0.3 is 20.3 Å². The highest BCUT2D eigenvalue weighted by molar-refractivity contribution is 14.0. The SMILES string of the molecule is CN=C(NCC1CCCN(C(C)C)C1)NCC(c1cccc(OC)c1)N1CCCC1.I. The molecule has 2 atom stereocenters. The number of ether oxygens (including phenoxy) is 1. The van der Waals surface area contributed by atoms with Crippen molar-refractivity contribution in [2.45, 2.75) is 51.6 Å². The average Bonchev–Trinajstić information content (AvgIpc) is 3.31. The molecule has 0 bridgehead atoms. The van der Waals surface area contributed by atoms with Gasteiger partial charge in [-0.1, -0.05) is 12.1 Å². The molecule has 2 heterocycles. The molecular formula is C24H42IN5O. The minimum absolute atomic E-state index is 0. The van der Waals surface area contributed by atoms with Crippen molar-refractivity contribution in [3.8, 4) is 5.75 Å². The van der Waals surface area contributed by atoms with E-state index in [9.17, 15) is 0 Å². The van der Waals surface area contributed by atoms with Gasteiger partial charge in [0.05, 0.1) is 13.2 Å². The number of hydrogen-bond acceptors (Lipinski definition) is 4. The van der Waals surface area contributed by atoms with E-state index >= 15 is 0 Å². The summed E-state index contributed by atoms with van der Waals surface area (Å²) in [4.78, 5) is 9.67. The van der Waals surface area contributed by atoms with Crippen LogP contribution in [0.2, 0.25) is 0 Å². The fraction of sp³-hybridized carbons (Fsp3) is 0.708. The summed E-state index contributed by atoms with van der Waals surface area (Å²) >= 11 is 0. The maximum atomic E-state index is 5.47. The molecule has 2 aliphatic heterocycles. The van der Waals surface area contributed by atoms with Gasteiger partial charge in [0.1, 0.15) is 5.75 Å². The molecule has 1 aromatic rings. The highest BCUT2D eigenvalue weighted by Gasteiger charge is 2.25. The third-order valence-electron chi connectivity index (χ3n) is 6.59. The minimum Gasteiger partial charge on any atom is -0.497 e. The molecule has 0 aromatic heterocycles. The first-order valence-electron chi connectivity index (χ1n) is 11.7. The number of aliphatic imine (C=N–C) groups is 1. The first kappa shape index (κ1) is 26.2. The normalized spacial score (nSPS) is 21.6. The minimum atomic E-state index is 0. The van der Waals surface area contributed by atoms with Crippen LogP contribution in [-0.4, -0.2) is 75.2 Å². The molecule has 3 rings (SSSR count). The van der Waals surface area contributed by atoms with Crippen LogP contribution in [0.1, 0.15) is 51.1 Å².